The van der Waals surface area contributed by atoms with E-state index in [2.05, 4.69) is 10.3 Å². The van der Waals surface area contributed by atoms with Crippen LogP contribution in [-0.4, -0.2) is 24.8 Å². The van der Waals surface area contributed by atoms with Crippen molar-refractivity contribution >= 4 is 5.69 Å². The van der Waals surface area contributed by atoms with E-state index in [1.807, 2.05) is 54.6 Å². The highest BCUT2D eigenvalue weighted by Gasteiger charge is 2.38. The average molecular weight is 297 g/mol. The lowest BCUT2D eigenvalue weighted by molar-refractivity contribution is 0.0346. The van der Waals surface area contributed by atoms with Crippen molar-refractivity contribution in [3.8, 4) is 5.75 Å². The second-order valence-corrected chi connectivity index (χ2v) is 5.51. The van der Waals surface area contributed by atoms with Crippen LogP contribution >= 0.6 is 0 Å². The van der Waals surface area contributed by atoms with Gasteiger partial charge in [-0.2, -0.15) is 5.11 Å². The van der Waals surface area contributed by atoms with Gasteiger partial charge in [-0.25, -0.2) is 5.01 Å². The predicted molar refractivity (Wildman–Crippen MR) is 85.0 cm³/mol. The Morgan fingerprint density at radius 3 is 2.45 bits per heavy atom. The SMILES string of the molecule is COc1ccc(N2CC(C(C)(O)c3ccccc3)N=N2)cc1. The van der Waals surface area contributed by atoms with Gasteiger partial charge in [0.1, 0.15) is 17.4 Å². The molecule has 114 valence electrons. The Hall–Kier alpha value is -2.40. The normalized spacial score (nSPS) is 20.0. The third-order valence-corrected chi connectivity index (χ3v) is 4.02. The van der Waals surface area contributed by atoms with Gasteiger partial charge in [0.15, 0.2) is 0 Å². The molecule has 5 nitrogen and oxygen atoms in total. The van der Waals surface area contributed by atoms with Gasteiger partial charge >= 0.3 is 0 Å². The van der Waals surface area contributed by atoms with Crippen LogP contribution in [-0.2, 0) is 5.60 Å². The highest BCUT2D eigenvalue weighted by atomic mass is 16.5. The van der Waals surface area contributed by atoms with Gasteiger partial charge in [-0.1, -0.05) is 35.6 Å². The van der Waals surface area contributed by atoms with Crippen molar-refractivity contribution in [1.82, 2.24) is 0 Å². The van der Waals surface area contributed by atoms with Gasteiger partial charge in [0.2, 0.25) is 0 Å². The van der Waals surface area contributed by atoms with E-state index in [9.17, 15) is 5.11 Å². The second-order valence-electron chi connectivity index (χ2n) is 5.51. The zero-order valence-corrected chi connectivity index (χ0v) is 12.7. The van der Waals surface area contributed by atoms with Crippen LogP contribution in [0.2, 0.25) is 0 Å². The summed E-state index contributed by atoms with van der Waals surface area (Å²) in [5, 5.41) is 21.1. The standard InChI is InChI=1S/C17H19N3O2/c1-17(21,13-6-4-3-5-7-13)16-12-20(19-18-16)14-8-10-15(22-2)11-9-14/h3-11,16,21H,12H2,1-2H3. The van der Waals surface area contributed by atoms with Crippen LogP contribution in [0.4, 0.5) is 5.69 Å². The number of anilines is 1. The summed E-state index contributed by atoms with van der Waals surface area (Å²) in [7, 11) is 1.64. The Morgan fingerprint density at radius 2 is 1.82 bits per heavy atom. The fraction of sp³-hybridized carbons (Fsp3) is 0.294. The lowest BCUT2D eigenvalue weighted by Crippen LogP contribution is -2.39. The summed E-state index contributed by atoms with van der Waals surface area (Å²) in [5.74, 6) is 0.799. The molecular formula is C17H19N3O2. The topological polar surface area (TPSA) is 57.4 Å². The summed E-state index contributed by atoms with van der Waals surface area (Å²) < 4.78 is 5.15. The molecule has 22 heavy (non-hydrogen) atoms. The minimum Gasteiger partial charge on any atom is -0.497 e. The highest BCUT2D eigenvalue weighted by molar-refractivity contribution is 5.49. The smallest absolute Gasteiger partial charge is 0.125 e. The van der Waals surface area contributed by atoms with Gasteiger partial charge in [0.05, 0.1) is 19.3 Å². The first kappa shape index (κ1) is 14.5. The van der Waals surface area contributed by atoms with Crippen LogP contribution in [0.3, 0.4) is 0 Å². The molecule has 0 saturated carbocycles. The summed E-state index contributed by atoms with van der Waals surface area (Å²) in [5.41, 5.74) is 0.720. The molecule has 0 bridgehead atoms. The van der Waals surface area contributed by atoms with E-state index in [-0.39, 0.29) is 6.04 Å². The van der Waals surface area contributed by atoms with Crippen molar-refractivity contribution < 1.29 is 9.84 Å². The van der Waals surface area contributed by atoms with Crippen LogP contribution in [0.1, 0.15) is 12.5 Å². The molecule has 3 rings (SSSR count). The van der Waals surface area contributed by atoms with Crippen LogP contribution in [0.5, 0.6) is 5.75 Å². The Morgan fingerprint density at radius 1 is 1.14 bits per heavy atom. The van der Waals surface area contributed by atoms with Gasteiger partial charge in [-0.05, 0) is 36.8 Å². The van der Waals surface area contributed by atoms with Gasteiger partial charge in [0.25, 0.3) is 0 Å². The van der Waals surface area contributed by atoms with Crippen molar-refractivity contribution in [2.45, 2.75) is 18.6 Å². The third kappa shape index (κ3) is 2.67. The monoisotopic (exact) mass is 297 g/mol. The Kier molecular flexibility index (Phi) is 3.81. The molecule has 0 aromatic heterocycles. The fourth-order valence-electron chi connectivity index (χ4n) is 2.53. The van der Waals surface area contributed by atoms with Gasteiger partial charge in [0, 0.05) is 0 Å². The van der Waals surface area contributed by atoms with Gasteiger partial charge in [-0.3, -0.25) is 0 Å². The minimum absolute atomic E-state index is 0.308. The summed E-state index contributed by atoms with van der Waals surface area (Å²) in [4.78, 5) is 0. The van der Waals surface area contributed by atoms with Crippen LogP contribution in [0.15, 0.2) is 64.9 Å². The van der Waals surface area contributed by atoms with Crippen LogP contribution in [0.25, 0.3) is 0 Å². The minimum atomic E-state index is -1.05. The van der Waals surface area contributed by atoms with Crippen molar-refractivity contribution in [2.75, 3.05) is 18.7 Å². The molecular weight excluding hydrogens is 278 g/mol. The lowest BCUT2D eigenvalue weighted by Gasteiger charge is -2.28. The fourth-order valence-corrected chi connectivity index (χ4v) is 2.53. The van der Waals surface area contributed by atoms with E-state index in [1.165, 1.54) is 0 Å². The molecule has 0 aliphatic carbocycles. The maximum absolute atomic E-state index is 10.8. The number of hydrogen-bond acceptors (Lipinski definition) is 5. The molecule has 2 aromatic carbocycles. The zero-order valence-electron chi connectivity index (χ0n) is 12.7. The predicted octanol–water partition coefficient (Wildman–Crippen LogP) is 3.16. The summed E-state index contributed by atoms with van der Waals surface area (Å²) in [6, 6.07) is 16.9. The second kappa shape index (κ2) is 5.77. The van der Waals surface area contributed by atoms with Crippen molar-refractivity contribution in [3.63, 3.8) is 0 Å². The first-order chi connectivity index (χ1) is 10.6. The Balaban J connectivity index is 1.76. The van der Waals surface area contributed by atoms with Crippen LogP contribution in [0, 0.1) is 0 Å². The van der Waals surface area contributed by atoms with E-state index in [4.69, 9.17) is 4.74 Å². The molecule has 0 amide bonds. The first-order valence-corrected chi connectivity index (χ1v) is 7.21. The number of ether oxygens (including phenoxy) is 1. The maximum Gasteiger partial charge on any atom is 0.125 e. The number of benzene rings is 2. The number of methoxy groups -OCH3 is 1. The Labute approximate surface area is 129 Å². The quantitative estimate of drug-likeness (QED) is 0.943. The molecule has 2 atom stereocenters. The van der Waals surface area contributed by atoms with E-state index in [1.54, 1.807) is 19.0 Å². The number of hydrogen-bond donors (Lipinski definition) is 1. The Bertz CT molecular complexity index is 653. The van der Waals surface area contributed by atoms with E-state index in [0.717, 1.165) is 17.0 Å². The number of nitrogens with zero attached hydrogens (tertiary/aromatic N) is 3. The first-order valence-electron chi connectivity index (χ1n) is 7.21. The average Bonchev–Trinajstić information content (AvgIpc) is 3.06. The molecule has 0 saturated heterocycles. The molecule has 0 radical (unpaired) electrons. The zero-order chi connectivity index (χ0) is 15.6. The molecule has 1 aliphatic heterocycles. The largest absolute Gasteiger partial charge is 0.497 e. The number of aliphatic hydroxyl groups is 1. The van der Waals surface area contributed by atoms with E-state index < -0.39 is 5.60 Å². The van der Waals surface area contributed by atoms with Crippen molar-refractivity contribution in [3.05, 3.63) is 60.2 Å². The molecule has 1 N–H and O–H groups in total. The van der Waals surface area contributed by atoms with Crippen molar-refractivity contribution in [2.24, 2.45) is 10.3 Å². The molecule has 1 aliphatic rings. The van der Waals surface area contributed by atoms with Gasteiger partial charge < -0.3 is 9.84 Å². The molecule has 0 spiro atoms. The van der Waals surface area contributed by atoms with E-state index >= 15 is 0 Å². The summed E-state index contributed by atoms with van der Waals surface area (Å²) in [6.45, 7) is 2.32. The molecule has 2 unspecified atom stereocenters. The maximum atomic E-state index is 10.8. The summed E-state index contributed by atoms with van der Waals surface area (Å²) in [6.07, 6.45) is 0. The molecule has 2 aromatic rings. The van der Waals surface area contributed by atoms with Crippen molar-refractivity contribution in [1.29, 1.82) is 0 Å². The molecule has 1 heterocycles. The molecule has 5 heteroatoms. The highest BCUT2D eigenvalue weighted by Crippen LogP contribution is 2.32. The van der Waals surface area contributed by atoms with Gasteiger partial charge in [-0.15, -0.1) is 0 Å². The summed E-state index contributed by atoms with van der Waals surface area (Å²) >= 11 is 0. The lowest BCUT2D eigenvalue weighted by atomic mass is 9.88. The van der Waals surface area contributed by atoms with E-state index in [0.29, 0.717) is 6.54 Å². The van der Waals surface area contributed by atoms with Crippen LogP contribution < -0.4 is 9.75 Å². The number of rotatable bonds is 4. The molecule has 0 fully saturated rings. The third-order valence-electron chi connectivity index (χ3n) is 4.02.